The number of hydrogen-bond donors (Lipinski definition) is 1. The first-order valence-electron chi connectivity index (χ1n) is 8.48. The van der Waals surface area contributed by atoms with Crippen LogP contribution in [0.25, 0.3) is 0 Å². The summed E-state index contributed by atoms with van der Waals surface area (Å²) in [7, 11) is 4.78. The molecule has 1 saturated heterocycles. The number of methoxy groups -OCH3 is 3. The average molecular weight is 343 g/mol. The minimum absolute atomic E-state index is 0.0434. The summed E-state index contributed by atoms with van der Waals surface area (Å²) >= 11 is 0. The average Bonchev–Trinajstić information content (AvgIpc) is 3.11. The largest absolute Gasteiger partial charge is 0.502 e. The molecule has 25 heavy (non-hydrogen) atoms. The number of rotatable bonds is 6. The molecule has 1 aliphatic heterocycles. The molecule has 0 amide bonds. The lowest BCUT2D eigenvalue weighted by Gasteiger charge is -2.25. The van der Waals surface area contributed by atoms with E-state index in [1.807, 2.05) is 24.3 Å². The second-order valence-electron chi connectivity index (χ2n) is 6.25. The molecule has 0 aliphatic carbocycles. The summed E-state index contributed by atoms with van der Waals surface area (Å²) in [6, 6.07) is 12.4. The number of benzene rings is 2. The van der Waals surface area contributed by atoms with Gasteiger partial charge in [-0.2, -0.15) is 0 Å². The molecule has 0 aromatic heterocycles. The molecule has 134 valence electrons. The van der Waals surface area contributed by atoms with Crippen molar-refractivity contribution in [3.8, 4) is 23.0 Å². The predicted molar refractivity (Wildman–Crippen MR) is 96.6 cm³/mol. The van der Waals surface area contributed by atoms with Crippen molar-refractivity contribution in [2.24, 2.45) is 0 Å². The fourth-order valence-corrected chi connectivity index (χ4v) is 3.49. The molecule has 0 bridgehead atoms. The molecular formula is C20H25NO4. The second-order valence-corrected chi connectivity index (χ2v) is 6.25. The van der Waals surface area contributed by atoms with E-state index in [1.165, 1.54) is 12.0 Å². The fourth-order valence-electron chi connectivity index (χ4n) is 3.49. The van der Waals surface area contributed by atoms with Gasteiger partial charge < -0.3 is 19.3 Å². The van der Waals surface area contributed by atoms with Gasteiger partial charge in [-0.1, -0.05) is 12.1 Å². The van der Waals surface area contributed by atoms with Crippen LogP contribution in [0, 0.1) is 0 Å². The Morgan fingerprint density at radius 2 is 1.64 bits per heavy atom. The molecule has 5 heteroatoms. The molecule has 5 nitrogen and oxygen atoms in total. The van der Waals surface area contributed by atoms with E-state index in [0.717, 1.165) is 30.8 Å². The van der Waals surface area contributed by atoms with E-state index in [2.05, 4.69) is 17.0 Å². The van der Waals surface area contributed by atoms with Gasteiger partial charge in [0.25, 0.3) is 0 Å². The van der Waals surface area contributed by atoms with Gasteiger partial charge in [0.1, 0.15) is 5.75 Å². The van der Waals surface area contributed by atoms with Gasteiger partial charge in [-0.3, -0.25) is 4.90 Å². The molecule has 0 spiro atoms. The quantitative estimate of drug-likeness (QED) is 0.865. The molecule has 1 aliphatic rings. The molecule has 0 radical (unpaired) electrons. The van der Waals surface area contributed by atoms with Gasteiger partial charge in [-0.15, -0.1) is 0 Å². The zero-order valence-electron chi connectivity index (χ0n) is 15.0. The summed E-state index contributed by atoms with van der Waals surface area (Å²) < 4.78 is 15.8. The minimum atomic E-state index is 0.0434. The van der Waals surface area contributed by atoms with Crippen LogP contribution in [-0.4, -0.2) is 37.9 Å². The maximum atomic E-state index is 10.1. The first kappa shape index (κ1) is 17.4. The second kappa shape index (κ2) is 7.66. The van der Waals surface area contributed by atoms with Gasteiger partial charge in [0.2, 0.25) is 5.75 Å². The number of ether oxygens (including phenoxy) is 3. The van der Waals surface area contributed by atoms with Crippen molar-refractivity contribution in [2.75, 3.05) is 27.9 Å². The third kappa shape index (κ3) is 3.66. The highest BCUT2D eigenvalue weighted by Crippen LogP contribution is 2.39. The van der Waals surface area contributed by atoms with Crippen molar-refractivity contribution in [2.45, 2.75) is 25.4 Å². The Balaban J connectivity index is 1.81. The highest BCUT2D eigenvalue weighted by molar-refractivity contribution is 5.52. The van der Waals surface area contributed by atoms with E-state index < -0.39 is 0 Å². The number of likely N-dealkylation sites (tertiary alicyclic amines) is 1. The summed E-state index contributed by atoms with van der Waals surface area (Å²) in [5, 5.41) is 10.1. The van der Waals surface area contributed by atoms with E-state index in [1.54, 1.807) is 21.3 Å². The van der Waals surface area contributed by atoms with Gasteiger partial charge in [0.15, 0.2) is 11.5 Å². The highest BCUT2D eigenvalue weighted by atomic mass is 16.5. The van der Waals surface area contributed by atoms with Crippen LogP contribution < -0.4 is 14.2 Å². The third-order valence-electron chi connectivity index (χ3n) is 4.79. The van der Waals surface area contributed by atoms with Gasteiger partial charge >= 0.3 is 0 Å². The number of hydrogen-bond acceptors (Lipinski definition) is 5. The van der Waals surface area contributed by atoms with E-state index in [4.69, 9.17) is 14.2 Å². The Hall–Kier alpha value is -2.40. The van der Waals surface area contributed by atoms with E-state index in [-0.39, 0.29) is 5.75 Å². The van der Waals surface area contributed by atoms with Crippen molar-refractivity contribution in [1.29, 1.82) is 0 Å². The Morgan fingerprint density at radius 3 is 2.20 bits per heavy atom. The SMILES string of the molecule is COc1ccc([C@@H]2CCCN2Cc2cc(OC)c(O)c(OC)c2)cc1. The lowest BCUT2D eigenvalue weighted by atomic mass is 10.0. The molecule has 2 aromatic rings. The van der Waals surface area contributed by atoms with Gasteiger partial charge in [-0.25, -0.2) is 0 Å². The van der Waals surface area contributed by atoms with Crippen LogP contribution in [0.15, 0.2) is 36.4 Å². The molecule has 0 saturated carbocycles. The topological polar surface area (TPSA) is 51.2 Å². The summed E-state index contributed by atoms with van der Waals surface area (Å²) in [4.78, 5) is 2.45. The number of phenolic OH excluding ortho intramolecular Hbond substituents is 1. The minimum Gasteiger partial charge on any atom is -0.502 e. The molecule has 2 aromatic carbocycles. The van der Waals surface area contributed by atoms with Crippen LogP contribution in [0.1, 0.15) is 30.0 Å². The summed E-state index contributed by atoms with van der Waals surface area (Å²) in [6.07, 6.45) is 2.31. The van der Waals surface area contributed by atoms with Gasteiger partial charge in [0, 0.05) is 12.6 Å². The highest BCUT2D eigenvalue weighted by Gasteiger charge is 2.26. The standard InChI is InChI=1S/C20H25NO4/c1-23-16-8-6-15(7-9-16)17-5-4-10-21(17)13-14-11-18(24-2)20(22)19(12-14)25-3/h6-9,11-12,17,22H,4-5,10,13H2,1-3H3/t17-/m0/s1. The van der Waals surface area contributed by atoms with Crippen LogP contribution in [0.2, 0.25) is 0 Å². The number of phenols is 1. The van der Waals surface area contributed by atoms with Crippen molar-refractivity contribution < 1.29 is 19.3 Å². The van der Waals surface area contributed by atoms with Crippen molar-refractivity contribution in [1.82, 2.24) is 4.90 Å². The van der Waals surface area contributed by atoms with Crippen molar-refractivity contribution in [3.05, 3.63) is 47.5 Å². The molecule has 1 N–H and O–H groups in total. The zero-order chi connectivity index (χ0) is 17.8. The third-order valence-corrected chi connectivity index (χ3v) is 4.79. The predicted octanol–water partition coefficient (Wildman–Crippen LogP) is 3.76. The normalized spacial score (nSPS) is 17.5. The first-order valence-corrected chi connectivity index (χ1v) is 8.48. The van der Waals surface area contributed by atoms with E-state index >= 15 is 0 Å². The summed E-state index contributed by atoms with van der Waals surface area (Å²) in [5.41, 5.74) is 2.36. The van der Waals surface area contributed by atoms with Crippen LogP contribution in [0.4, 0.5) is 0 Å². The van der Waals surface area contributed by atoms with E-state index in [0.29, 0.717) is 17.5 Å². The van der Waals surface area contributed by atoms with Crippen molar-refractivity contribution in [3.63, 3.8) is 0 Å². The Morgan fingerprint density at radius 1 is 1.00 bits per heavy atom. The maximum Gasteiger partial charge on any atom is 0.200 e. The summed E-state index contributed by atoms with van der Waals surface area (Å²) in [6.45, 7) is 1.83. The molecule has 0 unspecified atom stereocenters. The number of nitrogens with zero attached hydrogens (tertiary/aromatic N) is 1. The van der Waals surface area contributed by atoms with Crippen molar-refractivity contribution >= 4 is 0 Å². The fraction of sp³-hybridized carbons (Fsp3) is 0.400. The molecule has 1 heterocycles. The molecule has 3 rings (SSSR count). The number of aromatic hydroxyl groups is 1. The lowest BCUT2D eigenvalue weighted by Crippen LogP contribution is -2.22. The van der Waals surface area contributed by atoms with Crippen LogP contribution in [-0.2, 0) is 6.54 Å². The summed E-state index contributed by atoms with van der Waals surface area (Å²) in [5.74, 6) is 1.80. The van der Waals surface area contributed by atoms with Gasteiger partial charge in [0.05, 0.1) is 21.3 Å². The lowest BCUT2D eigenvalue weighted by molar-refractivity contribution is 0.247. The Bertz CT molecular complexity index is 689. The smallest absolute Gasteiger partial charge is 0.200 e. The van der Waals surface area contributed by atoms with Crippen LogP contribution in [0.3, 0.4) is 0 Å². The van der Waals surface area contributed by atoms with Crippen LogP contribution in [0.5, 0.6) is 23.0 Å². The zero-order valence-corrected chi connectivity index (χ0v) is 15.0. The maximum absolute atomic E-state index is 10.1. The molecular weight excluding hydrogens is 318 g/mol. The monoisotopic (exact) mass is 343 g/mol. The first-order chi connectivity index (χ1) is 12.2. The van der Waals surface area contributed by atoms with Crippen LogP contribution >= 0.6 is 0 Å². The van der Waals surface area contributed by atoms with Gasteiger partial charge in [-0.05, 0) is 54.8 Å². The molecule has 1 atom stereocenters. The Kier molecular flexibility index (Phi) is 5.34. The Labute approximate surface area is 148 Å². The molecule has 1 fully saturated rings. The van der Waals surface area contributed by atoms with E-state index in [9.17, 15) is 5.11 Å².